The van der Waals surface area contributed by atoms with Gasteiger partial charge in [-0.25, -0.2) is 0 Å². The lowest BCUT2D eigenvalue weighted by Crippen LogP contribution is -2.33. The molecular weight excluding hydrogens is 408 g/mol. The van der Waals surface area contributed by atoms with E-state index < -0.39 is 0 Å². The summed E-state index contributed by atoms with van der Waals surface area (Å²) in [5.74, 6) is 1.24. The van der Waals surface area contributed by atoms with Crippen LogP contribution in [0.1, 0.15) is 46.0 Å². The Morgan fingerprint density at radius 3 is 2.61 bits per heavy atom. The highest BCUT2D eigenvalue weighted by molar-refractivity contribution is 8.00. The first-order valence-corrected chi connectivity index (χ1v) is 11.5. The SMILES string of the molecule is C[C@@H](CCc1ccccc1)NC(=O)c1ccc([C@H]2SCC(=O)N2Cc2ccco2)cc1. The number of rotatable bonds is 8. The maximum absolute atomic E-state index is 12.6. The molecule has 0 bridgehead atoms. The Morgan fingerprint density at radius 2 is 1.90 bits per heavy atom. The number of amides is 2. The molecule has 0 unspecified atom stereocenters. The minimum Gasteiger partial charge on any atom is -0.467 e. The Balaban J connectivity index is 1.34. The van der Waals surface area contributed by atoms with Gasteiger partial charge in [-0.05, 0) is 55.2 Å². The van der Waals surface area contributed by atoms with Crippen molar-refractivity contribution in [2.45, 2.75) is 37.7 Å². The van der Waals surface area contributed by atoms with E-state index in [9.17, 15) is 9.59 Å². The molecule has 2 aromatic carbocycles. The number of benzene rings is 2. The second kappa shape index (κ2) is 9.88. The van der Waals surface area contributed by atoms with Crippen LogP contribution in [0.3, 0.4) is 0 Å². The lowest BCUT2D eigenvalue weighted by molar-refractivity contribution is -0.128. The summed E-state index contributed by atoms with van der Waals surface area (Å²) < 4.78 is 5.41. The molecule has 31 heavy (non-hydrogen) atoms. The fourth-order valence-electron chi connectivity index (χ4n) is 3.68. The van der Waals surface area contributed by atoms with E-state index >= 15 is 0 Å². The van der Waals surface area contributed by atoms with Crippen molar-refractivity contribution in [2.24, 2.45) is 0 Å². The second-order valence-electron chi connectivity index (χ2n) is 7.79. The van der Waals surface area contributed by atoms with Crippen molar-refractivity contribution in [2.75, 3.05) is 5.75 Å². The molecule has 0 spiro atoms. The smallest absolute Gasteiger partial charge is 0.251 e. The zero-order valence-electron chi connectivity index (χ0n) is 17.5. The van der Waals surface area contributed by atoms with E-state index in [4.69, 9.17) is 4.42 Å². The van der Waals surface area contributed by atoms with Crippen LogP contribution < -0.4 is 5.32 Å². The number of nitrogens with zero attached hydrogens (tertiary/aromatic N) is 1. The molecule has 2 atom stereocenters. The summed E-state index contributed by atoms with van der Waals surface area (Å²) in [4.78, 5) is 26.8. The van der Waals surface area contributed by atoms with E-state index in [1.54, 1.807) is 18.0 Å². The van der Waals surface area contributed by atoms with Crippen LogP contribution in [0, 0.1) is 0 Å². The Bertz CT molecular complexity index is 1000. The molecule has 1 aromatic heterocycles. The van der Waals surface area contributed by atoms with E-state index in [2.05, 4.69) is 17.4 Å². The van der Waals surface area contributed by atoms with Crippen molar-refractivity contribution in [3.63, 3.8) is 0 Å². The molecule has 2 amide bonds. The van der Waals surface area contributed by atoms with Gasteiger partial charge in [-0.15, -0.1) is 11.8 Å². The maximum atomic E-state index is 12.6. The average Bonchev–Trinajstić information content (AvgIpc) is 3.44. The number of aryl methyl sites for hydroxylation is 1. The van der Waals surface area contributed by atoms with Gasteiger partial charge in [0.25, 0.3) is 5.91 Å². The van der Waals surface area contributed by atoms with Gasteiger partial charge < -0.3 is 14.6 Å². The number of hydrogen-bond donors (Lipinski definition) is 1. The van der Waals surface area contributed by atoms with Gasteiger partial charge in [0.2, 0.25) is 5.91 Å². The van der Waals surface area contributed by atoms with Gasteiger partial charge in [0.05, 0.1) is 18.6 Å². The summed E-state index contributed by atoms with van der Waals surface area (Å²) >= 11 is 1.60. The minimum atomic E-state index is -0.0743. The van der Waals surface area contributed by atoms with Crippen molar-refractivity contribution < 1.29 is 14.0 Å². The van der Waals surface area contributed by atoms with Crippen molar-refractivity contribution >= 4 is 23.6 Å². The molecule has 1 aliphatic heterocycles. The van der Waals surface area contributed by atoms with Gasteiger partial charge in [0.1, 0.15) is 11.1 Å². The molecular formula is C25H26N2O3S. The normalized spacial score (nSPS) is 17.0. The Labute approximate surface area is 186 Å². The fourth-order valence-corrected chi connectivity index (χ4v) is 4.87. The van der Waals surface area contributed by atoms with Crippen LogP contribution in [-0.4, -0.2) is 28.5 Å². The van der Waals surface area contributed by atoms with Crippen molar-refractivity contribution in [1.82, 2.24) is 10.2 Å². The van der Waals surface area contributed by atoms with Crippen LogP contribution in [0.4, 0.5) is 0 Å². The molecule has 6 heteroatoms. The van der Waals surface area contributed by atoms with E-state index in [-0.39, 0.29) is 23.2 Å². The molecule has 0 radical (unpaired) electrons. The van der Waals surface area contributed by atoms with E-state index in [1.807, 2.05) is 66.4 Å². The molecule has 1 N–H and O–H groups in total. The number of furan rings is 1. The third-order valence-electron chi connectivity index (χ3n) is 5.42. The molecule has 3 aromatic rings. The monoisotopic (exact) mass is 434 g/mol. The van der Waals surface area contributed by atoms with Gasteiger partial charge >= 0.3 is 0 Å². The molecule has 2 heterocycles. The zero-order valence-corrected chi connectivity index (χ0v) is 18.3. The van der Waals surface area contributed by atoms with Gasteiger partial charge in [-0.3, -0.25) is 9.59 Å². The van der Waals surface area contributed by atoms with Gasteiger partial charge in [0.15, 0.2) is 0 Å². The van der Waals surface area contributed by atoms with Gasteiger partial charge in [0, 0.05) is 11.6 Å². The molecule has 4 rings (SSSR count). The number of nitrogens with one attached hydrogen (secondary N) is 1. The summed E-state index contributed by atoms with van der Waals surface area (Å²) in [6.07, 6.45) is 3.43. The summed E-state index contributed by atoms with van der Waals surface area (Å²) in [5, 5.41) is 3.01. The Hall–Kier alpha value is -2.99. The number of carbonyl (C=O) groups excluding carboxylic acids is 2. The van der Waals surface area contributed by atoms with E-state index in [0.717, 1.165) is 24.2 Å². The van der Waals surface area contributed by atoms with Gasteiger partial charge in [-0.1, -0.05) is 42.5 Å². The molecule has 5 nitrogen and oxygen atoms in total. The quantitative estimate of drug-likeness (QED) is 0.553. The molecule has 0 saturated carbocycles. The van der Waals surface area contributed by atoms with E-state index in [0.29, 0.717) is 17.9 Å². The predicted octanol–water partition coefficient (Wildman–Crippen LogP) is 4.80. The van der Waals surface area contributed by atoms with Crippen LogP contribution in [-0.2, 0) is 17.8 Å². The summed E-state index contributed by atoms with van der Waals surface area (Å²) in [6, 6.07) is 21.6. The molecule has 1 aliphatic rings. The van der Waals surface area contributed by atoms with Crippen LogP contribution in [0.25, 0.3) is 0 Å². The van der Waals surface area contributed by atoms with Crippen molar-refractivity contribution in [3.05, 3.63) is 95.4 Å². The summed E-state index contributed by atoms with van der Waals surface area (Å²) in [6.45, 7) is 2.48. The predicted molar refractivity (Wildman–Crippen MR) is 123 cm³/mol. The third kappa shape index (κ3) is 5.39. The highest BCUT2D eigenvalue weighted by Crippen LogP contribution is 2.39. The first-order chi connectivity index (χ1) is 15.1. The van der Waals surface area contributed by atoms with Crippen LogP contribution in [0.2, 0.25) is 0 Å². The summed E-state index contributed by atoms with van der Waals surface area (Å²) in [5.41, 5.74) is 2.91. The lowest BCUT2D eigenvalue weighted by atomic mass is 10.1. The average molecular weight is 435 g/mol. The highest BCUT2D eigenvalue weighted by atomic mass is 32.2. The first kappa shape index (κ1) is 21.2. The van der Waals surface area contributed by atoms with Crippen molar-refractivity contribution in [3.8, 4) is 0 Å². The number of carbonyl (C=O) groups is 2. The lowest BCUT2D eigenvalue weighted by Gasteiger charge is -2.23. The zero-order chi connectivity index (χ0) is 21.6. The first-order valence-electron chi connectivity index (χ1n) is 10.5. The van der Waals surface area contributed by atoms with Crippen LogP contribution in [0.15, 0.2) is 77.4 Å². The van der Waals surface area contributed by atoms with Crippen LogP contribution >= 0.6 is 11.8 Å². The van der Waals surface area contributed by atoms with E-state index in [1.165, 1.54) is 5.56 Å². The molecule has 1 fully saturated rings. The minimum absolute atomic E-state index is 0.0699. The molecule has 1 saturated heterocycles. The Morgan fingerprint density at radius 1 is 1.13 bits per heavy atom. The fraction of sp³-hybridized carbons (Fsp3) is 0.280. The number of hydrogen-bond acceptors (Lipinski definition) is 4. The topological polar surface area (TPSA) is 62.6 Å². The molecule has 160 valence electrons. The highest BCUT2D eigenvalue weighted by Gasteiger charge is 2.33. The maximum Gasteiger partial charge on any atom is 0.251 e. The molecule has 0 aliphatic carbocycles. The standard InChI is InChI=1S/C25H26N2O3S/c1-18(9-10-19-6-3-2-4-7-19)26-24(29)20-11-13-21(14-12-20)25-27(23(28)17-31-25)16-22-8-5-15-30-22/h2-8,11-15,18,25H,9-10,16-17H2,1H3,(H,26,29)/t18-,25+/m0/s1. The van der Waals surface area contributed by atoms with Crippen molar-refractivity contribution in [1.29, 1.82) is 0 Å². The largest absolute Gasteiger partial charge is 0.467 e. The van der Waals surface area contributed by atoms with Gasteiger partial charge in [-0.2, -0.15) is 0 Å². The summed E-state index contributed by atoms with van der Waals surface area (Å²) in [7, 11) is 0. The second-order valence-corrected chi connectivity index (χ2v) is 8.85. The Kier molecular flexibility index (Phi) is 6.77. The number of thioether (sulfide) groups is 1. The van der Waals surface area contributed by atoms with Crippen LogP contribution in [0.5, 0.6) is 0 Å². The third-order valence-corrected chi connectivity index (χ3v) is 6.67.